The zero-order chi connectivity index (χ0) is 19.6. The number of aromatic nitrogens is 5. The molecule has 1 amide bonds. The molecule has 0 bridgehead atoms. The number of carbonyl (C=O) groups is 1. The molecule has 27 heavy (non-hydrogen) atoms. The highest BCUT2D eigenvalue weighted by Crippen LogP contribution is 2.20. The van der Waals surface area contributed by atoms with Crippen molar-refractivity contribution in [3.8, 4) is 0 Å². The average Bonchev–Trinajstić information content (AvgIpc) is 3.17. The van der Waals surface area contributed by atoms with Gasteiger partial charge in [0, 0.05) is 11.3 Å². The number of nitrogens with zero attached hydrogens (tertiary/aromatic N) is 5. The molecular formula is C18H20BrFN6O. The Hall–Kier alpha value is -2.55. The Bertz CT molecular complexity index is 967. The number of anilines is 1. The van der Waals surface area contributed by atoms with Crippen molar-refractivity contribution in [2.45, 2.75) is 33.9 Å². The Morgan fingerprint density at radius 3 is 2.70 bits per heavy atom. The van der Waals surface area contributed by atoms with Crippen LogP contribution in [0.1, 0.15) is 23.9 Å². The first-order valence-electron chi connectivity index (χ1n) is 8.48. The summed E-state index contributed by atoms with van der Waals surface area (Å²) in [7, 11) is 0. The third kappa shape index (κ3) is 4.41. The van der Waals surface area contributed by atoms with Crippen LogP contribution in [0.25, 0.3) is 0 Å². The summed E-state index contributed by atoms with van der Waals surface area (Å²) in [6, 6.07) is 6.48. The van der Waals surface area contributed by atoms with E-state index < -0.39 is 0 Å². The lowest BCUT2D eigenvalue weighted by Crippen LogP contribution is -2.26. The molecule has 9 heteroatoms. The van der Waals surface area contributed by atoms with Gasteiger partial charge in [0.2, 0.25) is 11.9 Å². The molecule has 2 heterocycles. The first-order valence-corrected chi connectivity index (χ1v) is 9.27. The van der Waals surface area contributed by atoms with E-state index in [9.17, 15) is 9.18 Å². The molecule has 0 aliphatic carbocycles. The average molecular weight is 435 g/mol. The van der Waals surface area contributed by atoms with Crippen LogP contribution in [-0.2, 0) is 17.9 Å². The minimum absolute atomic E-state index is 0.192. The van der Waals surface area contributed by atoms with Gasteiger partial charge in [0.1, 0.15) is 12.1 Å². The summed E-state index contributed by atoms with van der Waals surface area (Å²) in [5.74, 6) is -0.642. The summed E-state index contributed by atoms with van der Waals surface area (Å²) in [4.78, 5) is 16.5. The van der Waals surface area contributed by atoms with E-state index in [0.29, 0.717) is 12.1 Å². The third-order valence-electron chi connectivity index (χ3n) is 4.25. The molecule has 1 atom stereocenters. The standard InChI is InChI=1S/C18H20BrFN6O/c1-11(8-26-13(3)16(19)12(2)23-26)17(27)22-18-21-10-25(24-18)9-14-6-4-5-7-15(14)20/h4-7,10-11H,8-9H2,1-3H3,(H,22,24,27). The van der Waals surface area contributed by atoms with Crippen LogP contribution in [0, 0.1) is 25.6 Å². The van der Waals surface area contributed by atoms with E-state index >= 15 is 0 Å². The minimum Gasteiger partial charge on any atom is -0.293 e. The molecule has 0 saturated carbocycles. The highest BCUT2D eigenvalue weighted by Gasteiger charge is 2.18. The topological polar surface area (TPSA) is 77.6 Å². The number of hydrogen-bond acceptors (Lipinski definition) is 4. The lowest BCUT2D eigenvalue weighted by atomic mass is 10.1. The molecule has 0 spiro atoms. The van der Waals surface area contributed by atoms with Gasteiger partial charge in [0.25, 0.3) is 0 Å². The maximum atomic E-state index is 13.7. The summed E-state index contributed by atoms with van der Waals surface area (Å²) >= 11 is 3.48. The second-order valence-electron chi connectivity index (χ2n) is 6.41. The number of halogens is 2. The molecule has 0 aliphatic rings. The molecule has 3 aromatic rings. The fourth-order valence-corrected chi connectivity index (χ4v) is 2.94. The monoisotopic (exact) mass is 434 g/mol. The van der Waals surface area contributed by atoms with Gasteiger partial charge in [-0.15, -0.1) is 5.10 Å². The summed E-state index contributed by atoms with van der Waals surface area (Å²) in [6.45, 7) is 6.35. The number of nitrogens with one attached hydrogen (secondary N) is 1. The Morgan fingerprint density at radius 2 is 2.04 bits per heavy atom. The van der Waals surface area contributed by atoms with Gasteiger partial charge in [0.15, 0.2) is 0 Å². The molecular weight excluding hydrogens is 415 g/mol. The molecule has 0 aliphatic heterocycles. The Morgan fingerprint density at radius 1 is 1.30 bits per heavy atom. The first kappa shape index (κ1) is 19.2. The van der Waals surface area contributed by atoms with Crippen molar-refractivity contribution in [1.82, 2.24) is 24.5 Å². The van der Waals surface area contributed by atoms with E-state index in [2.05, 4.69) is 36.4 Å². The van der Waals surface area contributed by atoms with Gasteiger partial charge in [-0.05, 0) is 35.8 Å². The van der Waals surface area contributed by atoms with Gasteiger partial charge in [-0.1, -0.05) is 25.1 Å². The van der Waals surface area contributed by atoms with Crippen LogP contribution >= 0.6 is 15.9 Å². The summed E-state index contributed by atoms with van der Waals surface area (Å²) in [5.41, 5.74) is 2.36. The molecule has 1 unspecified atom stereocenters. The zero-order valence-corrected chi connectivity index (χ0v) is 16.9. The molecule has 2 aromatic heterocycles. The van der Waals surface area contributed by atoms with E-state index in [1.165, 1.54) is 17.1 Å². The maximum Gasteiger partial charge on any atom is 0.248 e. The van der Waals surface area contributed by atoms with E-state index in [4.69, 9.17) is 0 Å². The molecule has 3 rings (SSSR count). The largest absolute Gasteiger partial charge is 0.293 e. The smallest absolute Gasteiger partial charge is 0.248 e. The molecule has 0 radical (unpaired) electrons. The van der Waals surface area contributed by atoms with Crippen LogP contribution in [0.2, 0.25) is 0 Å². The third-order valence-corrected chi connectivity index (χ3v) is 5.40. The van der Waals surface area contributed by atoms with Gasteiger partial charge >= 0.3 is 0 Å². The molecule has 1 N–H and O–H groups in total. The minimum atomic E-state index is -0.326. The second kappa shape index (κ2) is 7.99. The van der Waals surface area contributed by atoms with Crippen LogP contribution in [0.3, 0.4) is 0 Å². The molecule has 142 valence electrons. The number of hydrogen-bond donors (Lipinski definition) is 1. The van der Waals surface area contributed by atoms with Gasteiger partial charge in [-0.25, -0.2) is 14.1 Å². The van der Waals surface area contributed by atoms with Crippen molar-refractivity contribution < 1.29 is 9.18 Å². The normalized spacial score (nSPS) is 12.2. The van der Waals surface area contributed by atoms with Gasteiger partial charge < -0.3 is 0 Å². The van der Waals surface area contributed by atoms with Gasteiger partial charge in [-0.3, -0.25) is 14.8 Å². The van der Waals surface area contributed by atoms with Crippen LogP contribution in [0.15, 0.2) is 35.1 Å². The summed E-state index contributed by atoms with van der Waals surface area (Å²) in [6.07, 6.45) is 1.46. The van der Waals surface area contributed by atoms with E-state index in [1.54, 1.807) is 22.9 Å². The lowest BCUT2D eigenvalue weighted by molar-refractivity contribution is -0.119. The predicted molar refractivity (Wildman–Crippen MR) is 103 cm³/mol. The fourth-order valence-electron chi connectivity index (χ4n) is 2.66. The van der Waals surface area contributed by atoms with Crippen molar-refractivity contribution in [3.05, 3.63) is 57.8 Å². The van der Waals surface area contributed by atoms with E-state index in [1.807, 2.05) is 20.8 Å². The molecule has 0 saturated heterocycles. The fraction of sp³-hybridized carbons (Fsp3) is 0.333. The van der Waals surface area contributed by atoms with Crippen molar-refractivity contribution >= 4 is 27.8 Å². The van der Waals surface area contributed by atoms with Crippen molar-refractivity contribution in [3.63, 3.8) is 0 Å². The Kier molecular flexibility index (Phi) is 5.69. The van der Waals surface area contributed by atoms with Crippen LogP contribution in [0.5, 0.6) is 0 Å². The number of aryl methyl sites for hydroxylation is 1. The number of rotatable bonds is 6. The van der Waals surface area contributed by atoms with Crippen LogP contribution in [-0.4, -0.2) is 30.5 Å². The van der Waals surface area contributed by atoms with E-state index in [0.717, 1.165) is 15.9 Å². The molecule has 0 fully saturated rings. The summed E-state index contributed by atoms with van der Waals surface area (Å²) < 4.78 is 18.0. The Labute approximate surface area is 164 Å². The van der Waals surface area contributed by atoms with Crippen molar-refractivity contribution in [1.29, 1.82) is 0 Å². The Balaban J connectivity index is 1.61. The first-order chi connectivity index (χ1) is 12.8. The second-order valence-corrected chi connectivity index (χ2v) is 7.21. The van der Waals surface area contributed by atoms with Gasteiger partial charge in [-0.2, -0.15) is 5.10 Å². The SMILES string of the molecule is Cc1nn(CC(C)C(=O)Nc2ncn(Cc3ccccc3F)n2)c(C)c1Br. The lowest BCUT2D eigenvalue weighted by Gasteiger charge is -2.12. The van der Waals surface area contributed by atoms with E-state index in [-0.39, 0.29) is 30.1 Å². The number of benzene rings is 1. The number of carbonyl (C=O) groups excluding carboxylic acids is 1. The molecule has 1 aromatic carbocycles. The van der Waals surface area contributed by atoms with Crippen molar-refractivity contribution in [2.24, 2.45) is 5.92 Å². The van der Waals surface area contributed by atoms with Crippen LogP contribution in [0.4, 0.5) is 10.3 Å². The molecule has 7 nitrogen and oxygen atoms in total. The highest BCUT2D eigenvalue weighted by atomic mass is 79.9. The maximum absolute atomic E-state index is 13.7. The summed E-state index contributed by atoms with van der Waals surface area (Å²) in [5, 5.41) is 11.3. The van der Waals surface area contributed by atoms with Crippen molar-refractivity contribution in [2.75, 3.05) is 5.32 Å². The van der Waals surface area contributed by atoms with Gasteiger partial charge in [0.05, 0.1) is 29.2 Å². The quantitative estimate of drug-likeness (QED) is 0.645. The number of amides is 1. The zero-order valence-electron chi connectivity index (χ0n) is 15.3. The van der Waals surface area contributed by atoms with Crippen LogP contribution < -0.4 is 5.32 Å². The predicted octanol–water partition coefficient (Wildman–Crippen LogP) is 3.32. The highest BCUT2D eigenvalue weighted by molar-refractivity contribution is 9.10.